The van der Waals surface area contributed by atoms with Crippen molar-refractivity contribution in [1.82, 2.24) is 0 Å². The monoisotopic (exact) mass is 236 g/mol. The van der Waals surface area contributed by atoms with Crippen LogP contribution >= 0.6 is 0 Å². The van der Waals surface area contributed by atoms with Gasteiger partial charge in [0.1, 0.15) is 0 Å². The summed E-state index contributed by atoms with van der Waals surface area (Å²) in [6.07, 6.45) is 0.686. The van der Waals surface area contributed by atoms with Crippen LogP contribution < -0.4 is 10.6 Å². The molecule has 1 aromatic rings. The Morgan fingerprint density at radius 2 is 2.12 bits per heavy atom. The van der Waals surface area contributed by atoms with Crippen molar-refractivity contribution < 1.29 is 5.11 Å². The van der Waals surface area contributed by atoms with Crippen molar-refractivity contribution in [2.75, 3.05) is 24.5 Å². The summed E-state index contributed by atoms with van der Waals surface area (Å²) in [5, 5.41) is 9.92. The summed E-state index contributed by atoms with van der Waals surface area (Å²) in [7, 11) is 0. The molecule has 0 bridgehead atoms. The summed E-state index contributed by atoms with van der Waals surface area (Å²) in [6.45, 7) is 8.07. The highest BCUT2D eigenvalue weighted by Gasteiger charge is 2.19. The van der Waals surface area contributed by atoms with Crippen LogP contribution in [0.15, 0.2) is 24.3 Å². The first-order valence-corrected chi connectivity index (χ1v) is 6.22. The van der Waals surface area contributed by atoms with Crippen molar-refractivity contribution in [2.45, 2.75) is 32.8 Å². The molecule has 0 fully saturated rings. The number of hydrogen-bond donors (Lipinski definition) is 2. The molecule has 0 heterocycles. The van der Waals surface area contributed by atoms with Gasteiger partial charge in [0.25, 0.3) is 0 Å². The van der Waals surface area contributed by atoms with E-state index in [-0.39, 0.29) is 0 Å². The molecule has 0 aliphatic heterocycles. The van der Waals surface area contributed by atoms with Crippen molar-refractivity contribution in [2.24, 2.45) is 5.73 Å². The van der Waals surface area contributed by atoms with E-state index in [0.717, 1.165) is 13.1 Å². The predicted molar refractivity (Wildman–Crippen MR) is 73.4 cm³/mol. The number of aryl methyl sites for hydroxylation is 1. The third kappa shape index (κ3) is 4.36. The maximum atomic E-state index is 9.92. The Hall–Kier alpha value is -1.06. The standard InChI is InChI=1S/C14H24N2O/c1-4-16(9-8-14(3,17)11-15)13-7-5-6-12(2)10-13/h5-7,10,17H,4,8-9,11,15H2,1-3H3. The number of hydrogen-bond acceptors (Lipinski definition) is 3. The van der Waals surface area contributed by atoms with E-state index < -0.39 is 5.60 Å². The molecule has 3 nitrogen and oxygen atoms in total. The number of aliphatic hydroxyl groups is 1. The molecule has 3 heteroatoms. The van der Waals surface area contributed by atoms with Gasteiger partial charge >= 0.3 is 0 Å². The highest BCUT2D eigenvalue weighted by Crippen LogP contribution is 2.18. The molecular weight excluding hydrogens is 212 g/mol. The Morgan fingerprint density at radius 3 is 2.65 bits per heavy atom. The largest absolute Gasteiger partial charge is 0.389 e. The first-order valence-electron chi connectivity index (χ1n) is 6.22. The molecular formula is C14H24N2O. The fraction of sp³-hybridized carbons (Fsp3) is 0.571. The smallest absolute Gasteiger partial charge is 0.0758 e. The first kappa shape index (κ1) is 14.0. The molecule has 1 aromatic carbocycles. The Labute approximate surface area is 104 Å². The summed E-state index contributed by atoms with van der Waals surface area (Å²) in [6, 6.07) is 8.43. The summed E-state index contributed by atoms with van der Waals surface area (Å²) >= 11 is 0. The zero-order valence-electron chi connectivity index (χ0n) is 11.1. The van der Waals surface area contributed by atoms with Crippen LogP contribution in [-0.2, 0) is 0 Å². The van der Waals surface area contributed by atoms with Crippen molar-refractivity contribution >= 4 is 5.69 Å². The van der Waals surface area contributed by atoms with Gasteiger partial charge in [0, 0.05) is 25.3 Å². The molecule has 96 valence electrons. The SMILES string of the molecule is CCN(CCC(C)(O)CN)c1cccc(C)c1. The van der Waals surface area contributed by atoms with Gasteiger partial charge in [-0.1, -0.05) is 12.1 Å². The van der Waals surface area contributed by atoms with Gasteiger partial charge in [-0.15, -0.1) is 0 Å². The maximum absolute atomic E-state index is 9.92. The minimum atomic E-state index is -0.767. The lowest BCUT2D eigenvalue weighted by Crippen LogP contribution is -2.38. The zero-order chi connectivity index (χ0) is 12.9. The van der Waals surface area contributed by atoms with Crippen LogP contribution in [0.3, 0.4) is 0 Å². The van der Waals surface area contributed by atoms with Crippen LogP contribution in [0.2, 0.25) is 0 Å². The second kappa shape index (κ2) is 6.03. The average molecular weight is 236 g/mol. The number of anilines is 1. The Balaban J connectivity index is 2.66. The van der Waals surface area contributed by atoms with Crippen LogP contribution in [-0.4, -0.2) is 30.3 Å². The van der Waals surface area contributed by atoms with Gasteiger partial charge in [0.2, 0.25) is 0 Å². The van der Waals surface area contributed by atoms with E-state index in [0.29, 0.717) is 13.0 Å². The summed E-state index contributed by atoms with van der Waals surface area (Å²) in [5.74, 6) is 0. The minimum absolute atomic E-state index is 0.304. The van der Waals surface area contributed by atoms with Crippen LogP contribution in [0, 0.1) is 6.92 Å². The van der Waals surface area contributed by atoms with E-state index in [2.05, 4.69) is 43.0 Å². The Morgan fingerprint density at radius 1 is 1.41 bits per heavy atom. The Kier molecular flexibility index (Phi) is 4.97. The fourth-order valence-electron chi connectivity index (χ4n) is 1.77. The van der Waals surface area contributed by atoms with Gasteiger partial charge in [-0.2, -0.15) is 0 Å². The second-order valence-electron chi connectivity index (χ2n) is 4.87. The van der Waals surface area contributed by atoms with Crippen molar-refractivity contribution in [1.29, 1.82) is 0 Å². The van der Waals surface area contributed by atoms with Gasteiger partial charge in [-0.05, 0) is 44.9 Å². The Bertz CT molecular complexity index is 350. The zero-order valence-corrected chi connectivity index (χ0v) is 11.1. The van der Waals surface area contributed by atoms with Crippen molar-refractivity contribution in [3.8, 4) is 0 Å². The molecule has 1 rings (SSSR count). The van der Waals surface area contributed by atoms with Gasteiger partial charge in [0.05, 0.1) is 5.60 Å². The van der Waals surface area contributed by atoms with Gasteiger partial charge in [-0.25, -0.2) is 0 Å². The number of rotatable bonds is 6. The molecule has 0 aliphatic carbocycles. The van der Waals surface area contributed by atoms with E-state index >= 15 is 0 Å². The van der Waals surface area contributed by atoms with E-state index in [1.807, 2.05) is 0 Å². The van der Waals surface area contributed by atoms with E-state index in [4.69, 9.17) is 5.73 Å². The first-order chi connectivity index (χ1) is 7.98. The van der Waals surface area contributed by atoms with Crippen LogP contribution in [0.4, 0.5) is 5.69 Å². The lowest BCUT2D eigenvalue weighted by atomic mass is 10.0. The van der Waals surface area contributed by atoms with Crippen LogP contribution in [0.1, 0.15) is 25.8 Å². The lowest BCUT2D eigenvalue weighted by molar-refractivity contribution is 0.0621. The molecule has 0 spiro atoms. The van der Waals surface area contributed by atoms with Gasteiger partial charge in [0.15, 0.2) is 0 Å². The predicted octanol–water partition coefficient (Wildman–Crippen LogP) is 1.92. The molecule has 1 unspecified atom stereocenters. The lowest BCUT2D eigenvalue weighted by Gasteiger charge is -2.28. The summed E-state index contributed by atoms with van der Waals surface area (Å²) < 4.78 is 0. The quantitative estimate of drug-likeness (QED) is 0.793. The summed E-state index contributed by atoms with van der Waals surface area (Å²) in [4.78, 5) is 2.26. The molecule has 0 amide bonds. The third-order valence-electron chi connectivity index (χ3n) is 3.11. The molecule has 17 heavy (non-hydrogen) atoms. The highest BCUT2D eigenvalue weighted by atomic mass is 16.3. The minimum Gasteiger partial charge on any atom is -0.389 e. The molecule has 1 atom stereocenters. The normalized spacial score (nSPS) is 14.4. The maximum Gasteiger partial charge on any atom is 0.0758 e. The van der Waals surface area contributed by atoms with E-state index in [1.165, 1.54) is 11.3 Å². The molecule has 0 aliphatic rings. The van der Waals surface area contributed by atoms with Crippen LogP contribution in [0.25, 0.3) is 0 Å². The van der Waals surface area contributed by atoms with E-state index in [9.17, 15) is 5.11 Å². The van der Waals surface area contributed by atoms with E-state index in [1.54, 1.807) is 6.92 Å². The topological polar surface area (TPSA) is 49.5 Å². The molecule has 0 saturated carbocycles. The molecule has 3 N–H and O–H groups in total. The van der Waals surface area contributed by atoms with Crippen molar-refractivity contribution in [3.05, 3.63) is 29.8 Å². The summed E-state index contributed by atoms with van der Waals surface area (Å²) in [5.41, 5.74) is 7.23. The fourth-order valence-corrected chi connectivity index (χ4v) is 1.77. The average Bonchev–Trinajstić information content (AvgIpc) is 2.30. The number of nitrogens with zero attached hydrogens (tertiary/aromatic N) is 1. The third-order valence-corrected chi connectivity index (χ3v) is 3.11. The molecule has 0 aromatic heterocycles. The molecule has 0 radical (unpaired) electrons. The van der Waals surface area contributed by atoms with Gasteiger partial charge in [-0.3, -0.25) is 0 Å². The van der Waals surface area contributed by atoms with Crippen molar-refractivity contribution in [3.63, 3.8) is 0 Å². The van der Waals surface area contributed by atoms with Gasteiger partial charge < -0.3 is 15.7 Å². The molecule has 0 saturated heterocycles. The number of nitrogens with two attached hydrogens (primary N) is 1. The number of benzene rings is 1. The highest BCUT2D eigenvalue weighted by molar-refractivity contribution is 5.48. The second-order valence-corrected chi connectivity index (χ2v) is 4.87. The van der Waals surface area contributed by atoms with Crippen LogP contribution in [0.5, 0.6) is 0 Å².